The van der Waals surface area contributed by atoms with Crippen molar-refractivity contribution in [3.8, 4) is 11.5 Å². The number of hydrogen-bond donors (Lipinski definition) is 0. The zero-order valence-electron chi connectivity index (χ0n) is 18.7. The third-order valence-electron chi connectivity index (χ3n) is 7.36. The van der Waals surface area contributed by atoms with Gasteiger partial charge in [0.1, 0.15) is 0 Å². The average molecular weight is 438 g/mol. The molecule has 32 heavy (non-hydrogen) atoms. The number of amides is 2. The average Bonchev–Trinajstić information content (AvgIpc) is 3.49. The standard InChI is InChI=1S/C24H31N5O3/c1-17(30)28-12-7-19(8-13-28)22(31)29-11-3-9-24(16-29,14-18-5-6-18)23-26-21(32-27-23)20-4-2-10-25-15-20/h2,4,10,15,18-19H,3,5-9,11-14,16H2,1H3. The van der Waals surface area contributed by atoms with Crippen molar-refractivity contribution in [3.05, 3.63) is 30.4 Å². The van der Waals surface area contributed by atoms with Crippen molar-refractivity contribution in [3.63, 3.8) is 0 Å². The Labute approximate surface area is 188 Å². The van der Waals surface area contributed by atoms with Crippen molar-refractivity contribution >= 4 is 11.8 Å². The van der Waals surface area contributed by atoms with E-state index in [2.05, 4.69) is 10.1 Å². The molecule has 8 nitrogen and oxygen atoms in total. The highest BCUT2D eigenvalue weighted by atomic mass is 16.5. The van der Waals surface area contributed by atoms with Crippen LogP contribution in [0, 0.1) is 11.8 Å². The Kier molecular flexibility index (Phi) is 5.69. The summed E-state index contributed by atoms with van der Waals surface area (Å²) in [7, 11) is 0. The number of nitrogens with zero attached hydrogens (tertiary/aromatic N) is 5. The van der Waals surface area contributed by atoms with Gasteiger partial charge in [-0.3, -0.25) is 14.6 Å². The Morgan fingerprint density at radius 3 is 2.66 bits per heavy atom. The van der Waals surface area contributed by atoms with E-state index in [0.717, 1.165) is 50.0 Å². The molecule has 0 spiro atoms. The lowest BCUT2D eigenvalue weighted by molar-refractivity contribution is -0.142. The fourth-order valence-electron chi connectivity index (χ4n) is 5.38. The van der Waals surface area contributed by atoms with Crippen LogP contribution in [0.1, 0.15) is 57.7 Å². The Hall–Kier alpha value is -2.77. The third kappa shape index (κ3) is 4.27. The van der Waals surface area contributed by atoms with Crippen molar-refractivity contribution in [1.82, 2.24) is 24.9 Å². The summed E-state index contributed by atoms with van der Waals surface area (Å²) in [6.45, 7) is 4.38. The molecule has 2 aliphatic heterocycles. The number of aromatic nitrogens is 3. The van der Waals surface area contributed by atoms with Crippen LogP contribution in [0.15, 0.2) is 29.0 Å². The molecule has 4 heterocycles. The summed E-state index contributed by atoms with van der Waals surface area (Å²) in [6.07, 6.45) is 10.4. The number of piperidine rings is 2. The third-order valence-corrected chi connectivity index (χ3v) is 7.36. The molecule has 0 N–H and O–H groups in total. The highest BCUT2D eigenvalue weighted by molar-refractivity contribution is 5.80. The number of pyridine rings is 1. The van der Waals surface area contributed by atoms with Crippen molar-refractivity contribution < 1.29 is 14.1 Å². The molecule has 2 aromatic rings. The lowest BCUT2D eigenvalue weighted by Gasteiger charge is -2.43. The topological polar surface area (TPSA) is 92.4 Å². The molecule has 1 saturated carbocycles. The lowest BCUT2D eigenvalue weighted by atomic mass is 9.74. The van der Waals surface area contributed by atoms with Crippen LogP contribution in [0.5, 0.6) is 0 Å². The van der Waals surface area contributed by atoms with Gasteiger partial charge in [-0.15, -0.1) is 0 Å². The van der Waals surface area contributed by atoms with Gasteiger partial charge in [-0.05, 0) is 50.2 Å². The van der Waals surface area contributed by atoms with Crippen LogP contribution >= 0.6 is 0 Å². The first kappa shape index (κ1) is 21.1. The molecule has 2 aromatic heterocycles. The van der Waals surface area contributed by atoms with E-state index >= 15 is 0 Å². The van der Waals surface area contributed by atoms with Crippen LogP contribution in [-0.2, 0) is 15.0 Å². The van der Waals surface area contributed by atoms with Gasteiger partial charge in [-0.2, -0.15) is 4.98 Å². The number of hydrogen-bond acceptors (Lipinski definition) is 6. The minimum absolute atomic E-state index is 0.00135. The molecule has 5 rings (SSSR count). The number of likely N-dealkylation sites (tertiary alicyclic amines) is 2. The summed E-state index contributed by atoms with van der Waals surface area (Å²) in [5, 5.41) is 4.41. The zero-order valence-corrected chi connectivity index (χ0v) is 18.7. The molecule has 1 aliphatic carbocycles. The van der Waals surface area contributed by atoms with Gasteiger partial charge in [0.2, 0.25) is 11.8 Å². The molecule has 3 fully saturated rings. The van der Waals surface area contributed by atoms with Crippen molar-refractivity contribution in [2.75, 3.05) is 26.2 Å². The van der Waals surface area contributed by atoms with Gasteiger partial charge in [-0.25, -0.2) is 0 Å². The van der Waals surface area contributed by atoms with Gasteiger partial charge in [0, 0.05) is 51.4 Å². The van der Waals surface area contributed by atoms with Crippen LogP contribution in [-0.4, -0.2) is 62.9 Å². The monoisotopic (exact) mass is 437 g/mol. The van der Waals surface area contributed by atoms with Gasteiger partial charge in [0.25, 0.3) is 5.89 Å². The highest BCUT2D eigenvalue weighted by Gasteiger charge is 2.46. The van der Waals surface area contributed by atoms with Crippen LogP contribution in [0.25, 0.3) is 11.5 Å². The maximum absolute atomic E-state index is 13.4. The number of carbonyl (C=O) groups is 2. The minimum Gasteiger partial charge on any atom is -0.343 e. The Morgan fingerprint density at radius 2 is 1.97 bits per heavy atom. The van der Waals surface area contributed by atoms with Gasteiger partial charge in [0.15, 0.2) is 5.82 Å². The first-order chi connectivity index (χ1) is 15.5. The second-order valence-electron chi connectivity index (χ2n) is 9.74. The van der Waals surface area contributed by atoms with Gasteiger partial charge in [0.05, 0.1) is 11.0 Å². The Bertz CT molecular complexity index is 965. The summed E-state index contributed by atoms with van der Waals surface area (Å²) in [5.41, 5.74) is 0.563. The first-order valence-electron chi connectivity index (χ1n) is 11.8. The molecule has 170 valence electrons. The van der Waals surface area contributed by atoms with E-state index in [4.69, 9.17) is 9.51 Å². The van der Waals surface area contributed by atoms with E-state index in [1.807, 2.05) is 21.9 Å². The van der Waals surface area contributed by atoms with Crippen LogP contribution in [0.2, 0.25) is 0 Å². The molecule has 2 amide bonds. The largest absolute Gasteiger partial charge is 0.343 e. The van der Waals surface area contributed by atoms with E-state index in [-0.39, 0.29) is 23.1 Å². The molecule has 1 unspecified atom stereocenters. The Morgan fingerprint density at radius 1 is 1.16 bits per heavy atom. The maximum Gasteiger partial charge on any atom is 0.259 e. The minimum atomic E-state index is -0.251. The summed E-state index contributed by atoms with van der Waals surface area (Å²) >= 11 is 0. The van der Waals surface area contributed by atoms with E-state index < -0.39 is 0 Å². The van der Waals surface area contributed by atoms with E-state index in [9.17, 15) is 9.59 Å². The van der Waals surface area contributed by atoms with Crippen LogP contribution < -0.4 is 0 Å². The van der Waals surface area contributed by atoms with Crippen molar-refractivity contribution in [2.24, 2.45) is 11.8 Å². The van der Waals surface area contributed by atoms with Crippen LogP contribution in [0.3, 0.4) is 0 Å². The summed E-state index contributed by atoms with van der Waals surface area (Å²) < 4.78 is 5.64. The molecule has 8 heteroatoms. The molecule has 0 aromatic carbocycles. The summed E-state index contributed by atoms with van der Waals surface area (Å²) in [6, 6.07) is 3.78. The quantitative estimate of drug-likeness (QED) is 0.714. The van der Waals surface area contributed by atoms with Crippen molar-refractivity contribution in [2.45, 2.75) is 57.3 Å². The smallest absolute Gasteiger partial charge is 0.259 e. The van der Waals surface area contributed by atoms with Gasteiger partial charge in [-0.1, -0.05) is 18.0 Å². The van der Waals surface area contributed by atoms with Crippen LogP contribution in [0.4, 0.5) is 0 Å². The molecular formula is C24H31N5O3. The molecule has 3 aliphatic rings. The second kappa shape index (κ2) is 8.64. The molecule has 1 atom stereocenters. The molecule has 0 radical (unpaired) electrons. The van der Waals surface area contributed by atoms with E-state index in [0.29, 0.717) is 31.4 Å². The summed E-state index contributed by atoms with van der Waals surface area (Å²) in [4.78, 5) is 37.9. The maximum atomic E-state index is 13.4. The Balaban J connectivity index is 1.34. The van der Waals surface area contributed by atoms with E-state index in [1.54, 1.807) is 19.3 Å². The molecule has 0 bridgehead atoms. The molecular weight excluding hydrogens is 406 g/mol. The van der Waals surface area contributed by atoms with Crippen molar-refractivity contribution in [1.29, 1.82) is 0 Å². The summed E-state index contributed by atoms with van der Waals surface area (Å²) in [5.74, 6) is 2.22. The predicted octanol–water partition coefficient (Wildman–Crippen LogP) is 3.05. The lowest BCUT2D eigenvalue weighted by Crippen LogP contribution is -2.52. The normalized spacial score (nSPS) is 24.5. The highest BCUT2D eigenvalue weighted by Crippen LogP contribution is 2.46. The molecule has 2 saturated heterocycles. The van der Waals surface area contributed by atoms with E-state index in [1.165, 1.54) is 12.8 Å². The second-order valence-corrected chi connectivity index (χ2v) is 9.74. The predicted molar refractivity (Wildman–Crippen MR) is 117 cm³/mol. The van der Waals surface area contributed by atoms with Gasteiger partial charge >= 0.3 is 0 Å². The fraction of sp³-hybridized carbons (Fsp3) is 0.625. The zero-order chi connectivity index (χ0) is 22.1. The fourth-order valence-corrected chi connectivity index (χ4v) is 5.38. The number of carbonyl (C=O) groups excluding carboxylic acids is 2. The number of rotatable bonds is 5. The SMILES string of the molecule is CC(=O)N1CCC(C(=O)N2CCCC(CC3CC3)(c3noc(-c4cccnc4)n3)C2)CC1. The first-order valence-corrected chi connectivity index (χ1v) is 11.8. The van der Waals surface area contributed by atoms with Gasteiger partial charge < -0.3 is 14.3 Å².